The molecule has 0 bridgehead atoms. The molecule has 0 aliphatic heterocycles. The molecular formula is C13H11N3O3S. The quantitative estimate of drug-likeness (QED) is 0.626. The van der Waals surface area contributed by atoms with Gasteiger partial charge in [0.05, 0.1) is 11.0 Å². The van der Waals surface area contributed by atoms with E-state index in [9.17, 15) is 13.2 Å². The highest BCUT2D eigenvalue weighted by molar-refractivity contribution is 7.71. The van der Waals surface area contributed by atoms with Gasteiger partial charge in [-0.25, -0.2) is 23.4 Å². The van der Waals surface area contributed by atoms with E-state index in [1.165, 1.54) is 0 Å². The lowest BCUT2D eigenvalue weighted by atomic mass is 10.2. The summed E-state index contributed by atoms with van der Waals surface area (Å²) < 4.78 is 24.4. The molecule has 0 saturated heterocycles. The van der Waals surface area contributed by atoms with E-state index in [0.717, 1.165) is 21.8 Å². The molecule has 2 N–H and O–H groups in total. The Hall–Kier alpha value is -2.54. The summed E-state index contributed by atoms with van der Waals surface area (Å²) in [6.45, 7) is 0. The number of nitrogens with one attached hydrogen (secondary N) is 2. The van der Waals surface area contributed by atoms with Crippen molar-refractivity contribution in [3.05, 3.63) is 48.5 Å². The van der Waals surface area contributed by atoms with Crippen molar-refractivity contribution in [2.24, 2.45) is 0 Å². The summed E-state index contributed by atoms with van der Waals surface area (Å²) in [4.78, 5) is 11.6. The van der Waals surface area contributed by atoms with Gasteiger partial charge < -0.3 is 0 Å². The third-order valence-electron chi connectivity index (χ3n) is 2.99. The molecule has 2 amide bonds. The number of urea groups is 1. The SMILES string of the molecule is O=C(Nn1c2ccccc2c2ccccc21)N[SH](=O)=O. The molecule has 0 aliphatic carbocycles. The van der Waals surface area contributed by atoms with Crippen LogP contribution in [-0.2, 0) is 10.9 Å². The van der Waals surface area contributed by atoms with E-state index in [2.05, 4.69) is 5.43 Å². The van der Waals surface area contributed by atoms with Crippen LogP contribution in [0.15, 0.2) is 48.5 Å². The Morgan fingerprint density at radius 2 is 1.40 bits per heavy atom. The molecule has 0 aliphatic rings. The van der Waals surface area contributed by atoms with E-state index < -0.39 is 16.9 Å². The zero-order valence-corrected chi connectivity index (χ0v) is 11.1. The van der Waals surface area contributed by atoms with Crippen LogP contribution in [0.2, 0.25) is 0 Å². The molecule has 0 fully saturated rings. The second-order valence-electron chi connectivity index (χ2n) is 4.18. The van der Waals surface area contributed by atoms with Crippen LogP contribution >= 0.6 is 0 Å². The van der Waals surface area contributed by atoms with Gasteiger partial charge in [-0.3, -0.25) is 4.68 Å². The molecule has 1 aromatic heterocycles. The highest BCUT2D eigenvalue weighted by Crippen LogP contribution is 2.27. The van der Waals surface area contributed by atoms with Crippen LogP contribution in [0.5, 0.6) is 0 Å². The van der Waals surface area contributed by atoms with Gasteiger partial charge in [0.1, 0.15) is 0 Å². The molecule has 6 nitrogen and oxygen atoms in total. The number of hydrogen-bond acceptors (Lipinski definition) is 3. The second kappa shape index (κ2) is 4.86. The number of carbonyl (C=O) groups excluding carboxylic acids is 1. The molecule has 0 spiro atoms. The minimum atomic E-state index is -2.98. The Morgan fingerprint density at radius 1 is 0.900 bits per heavy atom. The van der Waals surface area contributed by atoms with Gasteiger partial charge in [-0.05, 0) is 12.1 Å². The number of rotatable bonds is 2. The maximum absolute atomic E-state index is 11.6. The van der Waals surface area contributed by atoms with Crippen molar-refractivity contribution in [3.8, 4) is 0 Å². The van der Waals surface area contributed by atoms with Gasteiger partial charge in [-0.2, -0.15) is 0 Å². The van der Waals surface area contributed by atoms with Gasteiger partial charge in [0, 0.05) is 10.8 Å². The highest BCUT2D eigenvalue weighted by Gasteiger charge is 2.11. The number of fused-ring (bicyclic) bond motifs is 3. The average Bonchev–Trinajstić information content (AvgIpc) is 2.73. The molecule has 0 saturated carbocycles. The van der Waals surface area contributed by atoms with Crippen LogP contribution in [0.3, 0.4) is 0 Å². The van der Waals surface area contributed by atoms with E-state index in [0.29, 0.717) is 0 Å². The number of hydrogen-bond donors (Lipinski definition) is 3. The van der Waals surface area contributed by atoms with E-state index in [-0.39, 0.29) is 0 Å². The van der Waals surface area contributed by atoms with Crippen molar-refractivity contribution in [2.75, 3.05) is 5.43 Å². The molecule has 20 heavy (non-hydrogen) atoms. The Balaban J connectivity index is 2.19. The summed E-state index contributed by atoms with van der Waals surface area (Å²) in [6.07, 6.45) is 0. The van der Waals surface area contributed by atoms with Gasteiger partial charge in [0.15, 0.2) is 0 Å². The van der Waals surface area contributed by atoms with Crippen molar-refractivity contribution in [2.45, 2.75) is 0 Å². The van der Waals surface area contributed by atoms with Gasteiger partial charge in [0.25, 0.3) is 0 Å². The molecule has 3 rings (SSSR count). The lowest BCUT2D eigenvalue weighted by molar-refractivity contribution is 0.254. The van der Waals surface area contributed by atoms with Crippen molar-refractivity contribution in [1.82, 2.24) is 9.40 Å². The van der Waals surface area contributed by atoms with Gasteiger partial charge in [0.2, 0.25) is 10.9 Å². The van der Waals surface area contributed by atoms with Gasteiger partial charge in [-0.1, -0.05) is 36.4 Å². The van der Waals surface area contributed by atoms with Gasteiger partial charge in [-0.15, -0.1) is 0 Å². The normalized spacial score (nSPS) is 11.1. The third-order valence-corrected chi connectivity index (χ3v) is 3.37. The number of carbonyl (C=O) groups is 1. The fraction of sp³-hybridized carbons (Fsp3) is 0. The van der Waals surface area contributed by atoms with Crippen molar-refractivity contribution in [3.63, 3.8) is 0 Å². The number of amides is 2. The number of aromatic nitrogens is 1. The first-order valence-electron chi connectivity index (χ1n) is 5.87. The van der Waals surface area contributed by atoms with Gasteiger partial charge >= 0.3 is 6.03 Å². The molecule has 7 heteroatoms. The van der Waals surface area contributed by atoms with E-state index >= 15 is 0 Å². The first-order chi connectivity index (χ1) is 9.66. The summed E-state index contributed by atoms with van der Waals surface area (Å²) in [7, 11) is -2.98. The van der Waals surface area contributed by atoms with Crippen LogP contribution in [0.1, 0.15) is 0 Å². The lowest BCUT2D eigenvalue weighted by Gasteiger charge is -2.08. The maximum atomic E-state index is 11.6. The highest BCUT2D eigenvalue weighted by atomic mass is 32.2. The van der Waals surface area contributed by atoms with Crippen LogP contribution in [0.25, 0.3) is 21.8 Å². The smallest absolute Gasteiger partial charge is 0.251 e. The number of nitrogens with zero attached hydrogens (tertiary/aromatic N) is 1. The second-order valence-corrected chi connectivity index (χ2v) is 4.92. The molecule has 2 aromatic carbocycles. The van der Waals surface area contributed by atoms with Crippen molar-refractivity contribution < 1.29 is 13.2 Å². The van der Waals surface area contributed by atoms with E-state index in [1.807, 2.05) is 48.5 Å². The monoisotopic (exact) mass is 289 g/mol. The summed E-state index contributed by atoms with van der Waals surface area (Å²) in [5, 5.41) is 1.96. The number of thiol groups is 1. The first-order valence-corrected chi connectivity index (χ1v) is 7.05. The summed E-state index contributed by atoms with van der Waals surface area (Å²) in [5.41, 5.74) is 4.11. The van der Waals surface area contributed by atoms with Crippen molar-refractivity contribution in [1.29, 1.82) is 0 Å². The van der Waals surface area contributed by atoms with E-state index in [1.54, 1.807) is 9.40 Å². The molecule has 0 radical (unpaired) electrons. The number of benzene rings is 2. The lowest BCUT2D eigenvalue weighted by Crippen LogP contribution is -2.32. The zero-order chi connectivity index (χ0) is 14.1. The Morgan fingerprint density at radius 3 is 1.90 bits per heavy atom. The fourth-order valence-corrected chi connectivity index (χ4v) is 2.47. The average molecular weight is 289 g/mol. The predicted molar refractivity (Wildman–Crippen MR) is 77.7 cm³/mol. The van der Waals surface area contributed by atoms with E-state index in [4.69, 9.17) is 0 Å². The molecule has 102 valence electrons. The standard InChI is InChI=1S/C13H11N3O3S/c17-13(15-20(18)19)14-16-11-7-3-1-5-9(11)10-6-2-4-8-12(10)16/h1-8,20H,(H2,14,15,17,18,19). The van der Waals surface area contributed by atoms with Crippen LogP contribution in [0, 0.1) is 0 Å². The molecule has 1 heterocycles. The Bertz CT molecular complexity index is 822. The topological polar surface area (TPSA) is 80.2 Å². The van der Waals surface area contributed by atoms with Crippen LogP contribution < -0.4 is 10.1 Å². The molecule has 0 atom stereocenters. The summed E-state index contributed by atoms with van der Waals surface area (Å²) in [5.74, 6) is 0. The summed E-state index contributed by atoms with van der Waals surface area (Å²) >= 11 is 0. The first kappa shape index (κ1) is 12.5. The Labute approximate surface area is 116 Å². The molecular weight excluding hydrogens is 278 g/mol. The Kier molecular flexibility index (Phi) is 3.03. The van der Waals surface area contributed by atoms with Crippen molar-refractivity contribution >= 4 is 38.7 Å². The molecule has 3 aromatic rings. The predicted octanol–water partition coefficient (Wildman–Crippen LogP) is 1.57. The fourth-order valence-electron chi connectivity index (χ4n) is 2.25. The maximum Gasteiger partial charge on any atom is 0.347 e. The number of para-hydroxylation sites is 2. The zero-order valence-electron chi connectivity index (χ0n) is 10.2. The third kappa shape index (κ3) is 2.08. The minimum absolute atomic E-state index is 0.796. The molecule has 0 unspecified atom stereocenters. The largest absolute Gasteiger partial charge is 0.347 e. The van der Waals surface area contributed by atoms with Crippen LogP contribution in [0.4, 0.5) is 4.79 Å². The summed E-state index contributed by atoms with van der Waals surface area (Å²) in [6, 6.07) is 14.3. The van der Waals surface area contributed by atoms with Crippen LogP contribution in [-0.4, -0.2) is 19.1 Å². The minimum Gasteiger partial charge on any atom is -0.251 e.